The number of hydrogen-bond acceptors (Lipinski definition) is 2. The molecular weight excluding hydrogens is 286 g/mol. The molecule has 2 aromatic carbocycles. The smallest absolute Gasteiger partial charge is 0.309 e. The molecule has 0 fully saturated rings. The summed E-state index contributed by atoms with van der Waals surface area (Å²) in [6, 6.07) is 11.0. The Hall–Kier alpha value is -2.23. The maximum Gasteiger partial charge on any atom is 0.309 e. The molecule has 3 rings (SSSR count). The van der Waals surface area contributed by atoms with Crippen molar-refractivity contribution in [1.82, 2.24) is 0 Å². The number of hydrogen-bond donors (Lipinski definition) is 0. The number of methoxy groups -OCH3 is 1. The highest BCUT2D eigenvalue weighted by Gasteiger charge is 2.37. The SMILES string of the molecule is COC(=O)[C@H]1CCc2ccccc2[C@@H]1c1cc(F)ccc1F. The largest absolute Gasteiger partial charge is 0.469 e. The van der Waals surface area contributed by atoms with Gasteiger partial charge in [-0.15, -0.1) is 0 Å². The van der Waals surface area contributed by atoms with Gasteiger partial charge in [0.2, 0.25) is 0 Å². The zero-order chi connectivity index (χ0) is 15.7. The second-order valence-corrected chi connectivity index (χ2v) is 5.51. The summed E-state index contributed by atoms with van der Waals surface area (Å²) >= 11 is 0. The Labute approximate surface area is 127 Å². The molecular formula is C18H16F2O2. The van der Waals surface area contributed by atoms with Crippen LogP contribution in [0.5, 0.6) is 0 Å². The van der Waals surface area contributed by atoms with E-state index in [9.17, 15) is 13.6 Å². The highest BCUT2D eigenvalue weighted by Crippen LogP contribution is 2.42. The topological polar surface area (TPSA) is 26.3 Å². The molecule has 0 amide bonds. The molecule has 0 aliphatic heterocycles. The summed E-state index contributed by atoms with van der Waals surface area (Å²) in [5.74, 6) is -2.42. The highest BCUT2D eigenvalue weighted by atomic mass is 19.1. The van der Waals surface area contributed by atoms with E-state index in [-0.39, 0.29) is 11.5 Å². The molecule has 0 saturated heterocycles. The Balaban J connectivity index is 2.17. The van der Waals surface area contributed by atoms with Crippen LogP contribution in [0.25, 0.3) is 0 Å². The molecule has 0 saturated carbocycles. The van der Waals surface area contributed by atoms with E-state index in [2.05, 4.69) is 0 Å². The fourth-order valence-corrected chi connectivity index (χ4v) is 3.30. The number of benzene rings is 2. The van der Waals surface area contributed by atoms with Crippen molar-refractivity contribution in [3.05, 3.63) is 70.8 Å². The maximum absolute atomic E-state index is 14.3. The van der Waals surface area contributed by atoms with Gasteiger partial charge in [0.15, 0.2) is 0 Å². The lowest BCUT2D eigenvalue weighted by atomic mass is 9.71. The molecule has 0 spiro atoms. The second kappa shape index (κ2) is 5.87. The Morgan fingerprint density at radius 2 is 1.91 bits per heavy atom. The third-order valence-electron chi connectivity index (χ3n) is 4.31. The monoisotopic (exact) mass is 302 g/mol. The van der Waals surface area contributed by atoms with E-state index in [1.807, 2.05) is 24.3 Å². The Bertz CT molecular complexity index is 712. The van der Waals surface area contributed by atoms with Crippen LogP contribution < -0.4 is 0 Å². The van der Waals surface area contributed by atoms with Gasteiger partial charge in [-0.25, -0.2) is 8.78 Å². The molecule has 2 atom stereocenters. The van der Waals surface area contributed by atoms with Gasteiger partial charge in [0.25, 0.3) is 0 Å². The van der Waals surface area contributed by atoms with Gasteiger partial charge in [-0.2, -0.15) is 0 Å². The van der Waals surface area contributed by atoms with Crippen molar-refractivity contribution in [2.24, 2.45) is 5.92 Å². The Kier molecular flexibility index (Phi) is 3.92. The molecule has 2 nitrogen and oxygen atoms in total. The normalized spacial score (nSPS) is 20.3. The van der Waals surface area contributed by atoms with E-state index in [1.54, 1.807) is 0 Å². The fourth-order valence-electron chi connectivity index (χ4n) is 3.30. The first-order valence-corrected chi connectivity index (χ1v) is 7.22. The predicted octanol–water partition coefficient (Wildman–Crippen LogP) is 3.83. The molecule has 0 N–H and O–H groups in total. The van der Waals surface area contributed by atoms with Crippen LogP contribution in [0.1, 0.15) is 29.0 Å². The lowest BCUT2D eigenvalue weighted by molar-refractivity contribution is -0.146. The van der Waals surface area contributed by atoms with Gasteiger partial charge in [-0.05, 0) is 47.7 Å². The molecule has 0 bridgehead atoms. The molecule has 22 heavy (non-hydrogen) atoms. The summed E-state index contributed by atoms with van der Waals surface area (Å²) < 4.78 is 32.7. The van der Waals surface area contributed by atoms with Gasteiger partial charge >= 0.3 is 5.97 Å². The predicted molar refractivity (Wildman–Crippen MR) is 78.5 cm³/mol. The molecule has 0 unspecified atom stereocenters. The lowest BCUT2D eigenvalue weighted by Crippen LogP contribution is -2.30. The third-order valence-corrected chi connectivity index (χ3v) is 4.31. The molecule has 1 aliphatic rings. The number of rotatable bonds is 2. The quantitative estimate of drug-likeness (QED) is 0.788. The summed E-state index contributed by atoms with van der Waals surface area (Å²) in [4.78, 5) is 12.1. The van der Waals surface area contributed by atoms with E-state index < -0.39 is 23.5 Å². The van der Waals surface area contributed by atoms with Crippen molar-refractivity contribution < 1.29 is 18.3 Å². The van der Waals surface area contributed by atoms with Crippen LogP contribution in [0.4, 0.5) is 8.78 Å². The van der Waals surface area contributed by atoms with Crippen molar-refractivity contribution in [2.45, 2.75) is 18.8 Å². The van der Waals surface area contributed by atoms with Gasteiger partial charge < -0.3 is 4.74 Å². The van der Waals surface area contributed by atoms with Crippen LogP contribution in [-0.4, -0.2) is 13.1 Å². The summed E-state index contributed by atoms with van der Waals surface area (Å²) in [6.45, 7) is 0. The molecule has 0 radical (unpaired) electrons. The first kappa shape index (κ1) is 14.7. The summed E-state index contributed by atoms with van der Waals surface area (Å²) in [5.41, 5.74) is 2.15. The van der Waals surface area contributed by atoms with Crippen LogP contribution in [-0.2, 0) is 16.0 Å². The Morgan fingerprint density at radius 3 is 2.68 bits per heavy atom. The van der Waals surface area contributed by atoms with Gasteiger partial charge in [0.1, 0.15) is 11.6 Å². The molecule has 2 aromatic rings. The Morgan fingerprint density at radius 1 is 1.14 bits per heavy atom. The maximum atomic E-state index is 14.3. The number of carbonyl (C=O) groups is 1. The zero-order valence-electron chi connectivity index (χ0n) is 12.2. The average Bonchev–Trinajstić information content (AvgIpc) is 2.55. The summed E-state index contributed by atoms with van der Waals surface area (Å²) in [6.07, 6.45) is 1.29. The lowest BCUT2D eigenvalue weighted by Gasteiger charge is -2.32. The number of carbonyl (C=O) groups excluding carboxylic acids is 1. The second-order valence-electron chi connectivity index (χ2n) is 5.51. The molecule has 114 valence electrons. The third kappa shape index (κ3) is 2.49. The minimum atomic E-state index is -0.520. The average molecular weight is 302 g/mol. The van der Waals surface area contributed by atoms with Crippen molar-refractivity contribution in [1.29, 1.82) is 0 Å². The van der Waals surface area contributed by atoms with Crippen LogP contribution >= 0.6 is 0 Å². The summed E-state index contributed by atoms with van der Waals surface area (Å²) in [5, 5.41) is 0. The zero-order valence-corrected chi connectivity index (χ0v) is 12.2. The van der Waals surface area contributed by atoms with Gasteiger partial charge in [0, 0.05) is 5.92 Å². The molecule has 4 heteroatoms. The molecule has 0 heterocycles. The van der Waals surface area contributed by atoms with Crippen molar-refractivity contribution in [3.8, 4) is 0 Å². The first-order valence-electron chi connectivity index (χ1n) is 7.22. The number of esters is 1. The van der Waals surface area contributed by atoms with Gasteiger partial charge in [-0.3, -0.25) is 4.79 Å². The van der Waals surface area contributed by atoms with Crippen molar-refractivity contribution >= 4 is 5.97 Å². The van der Waals surface area contributed by atoms with Crippen molar-refractivity contribution in [3.63, 3.8) is 0 Å². The number of halogens is 2. The van der Waals surface area contributed by atoms with Crippen molar-refractivity contribution in [2.75, 3.05) is 7.11 Å². The van der Waals surface area contributed by atoms with E-state index >= 15 is 0 Å². The minimum absolute atomic E-state index is 0.211. The highest BCUT2D eigenvalue weighted by molar-refractivity contribution is 5.75. The van der Waals surface area contributed by atoms with Gasteiger partial charge in [0.05, 0.1) is 13.0 Å². The fraction of sp³-hybridized carbons (Fsp3) is 0.278. The standard InChI is InChI=1S/C18H16F2O2/c1-22-18(21)14-8-6-11-4-2-3-5-13(11)17(14)15-10-12(19)7-9-16(15)20/h2-5,7,9-10,14,17H,6,8H2,1H3/t14-,17-/m0/s1. The van der Waals surface area contributed by atoms with Crippen LogP contribution in [0.3, 0.4) is 0 Å². The number of ether oxygens (including phenoxy) is 1. The van der Waals surface area contributed by atoms with E-state index in [0.29, 0.717) is 6.42 Å². The van der Waals surface area contributed by atoms with E-state index in [0.717, 1.165) is 29.7 Å². The minimum Gasteiger partial charge on any atom is -0.469 e. The summed E-state index contributed by atoms with van der Waals surface area (Å²) in [7, 11) is 1.32. The van der Waals surface area contributed by atoms with Crippen LogP contribution in [0, 0.1) is 17.6 Å². The van der Waals surface area contributed by atoms with Crippen LogP contribution in [0.2, 0.25) is 0 Å². The van der Waals surface area contributed by atoms with Crippen LogP contribution in [0.15, 0.2) is 42.5 Å². The number of aryl methyl sites for hydroxylation is 1. The first-order chi connectivity index (χ1) is 10.6. The number of fused-ring (bicyclic) bond motifs is 1. The molecule has 0 aromatic heterocycles. The van der Waals surface area contributed by atoms with E-state index in [4.69, 9.17) is 4.74 Å². The van der Waals surface area contributed by atoms with E-state index in [1.165, 1.54) is 13.2 Å². The van der Waals surface area contributed by atoms with Gasteiger partial charge in [-0.1, -0.05) is 24.3 Å². The molecule has 1 aliphatic carbocycles.